The van der Waals surface area contributed by atoms with Crippen molar-refractivity contribution in [1.82, 2.24) is 20.5 Å². The second-order valence-electron chi connectivity index (χ2n) is 5.78. The van der Waals surface area contributed by atoms with Crippen LogP contribution >= 0.6 is 0 Å². The molecule has 0 bridgehead atoms. The maximum atomic E-state index is 12.2. The van der Waals surface area contributed by atoms with Crippen LogP contribution in [0.15, 0.2) is 40.9 Å². The Kier molecular flexibility index (Phi) is 4.79. The van der Waals surface area contributed by atoms with E-state index in [0.717, 1.165) is 12.0 Å². The molecule has 1 aliphatic rings. The summed E-state index contributed by atoms with van der Waals surface area (Å²) < 4.78 is 5.66. The van der Waals surface area contributed by atoms with E-state index >= 15 is 0 Å². The van der Waals surface area contributed by atoms with Crippen LogP contribution in [0.5, 0.6) is 0 Å². The van der Waals surface area contributed by atoms with Gasteiger partial charge >= 0.3 is 6.03 Å². The molecule has 126 valence electrons. The van der Waals surface area contributed by atoms with Crippen molar-refractivity contribution in [3.05, 3.63) is 42.4 Å². The number of aromatic nitrogens is 1. The molecule has 0 radical (unpaired) electrons. The van der Waals surface area contributed by atoms with Gasteiger partial charge in [-0.1, -0.05) is 30.3 Å². The number of hydrogen-bond acceptors (Lipinski definition) is 4. The largest absolute Gasteiger partial charge is 0.439 e. The van der Waals surface area contributed by atoms with Crippen molar-refractivity contribution in [3.63, 3.8) is 0 Å². The smallest absolute Gasteiger partial charge is 0.317 e. The maximum absolute atomic E-state index is 12.2. The average molecular weight is 328 g/mol. The van der Waals surface area contributed by atoms with E-state index < -0.39 is 0 Å². The lowest BCUT2D eigenvalue weighted by Gasteiger charge is -2.17. The maximum Gasteiger partial charge on any atom is 0.317 e. The predicted octanol–water partition coefficient (Wildman–Crippen LogP) is 1.76. The van der Waals surface area contributed by atoms with Crippen LogP contribution in [0.4, 0.5) is 4.79 Å². The van der Waals surface area contributed by atoms with Crippen LogP contribution in [-0.4, -0.2) is 41.0 Å². The molecule has 1 atom stereocenters. The first kappa shape index (κ1) is 16.0. The Morgan fingerprint density at radius 2 is 2.12 bits per heavy atom. The Hall–Kier alpha value is -2.83. The van der Waals surface area contributed by atoms with Gasteiger partial charge in [-0.25, -0.2) is 9.78 Å². The van der Waals surface area contributed by atoms with Crippen molar-refractivity contribution in [2.75, 3.05) is 13.1 Å². The van der Waals surface area contributed by atoms with Gasteiger partial charge in [0.25, 0.3) is 0 Å². The van der Waals surface area contributed by atoms with Crippen molar-refractivity contribution >= 4 is 11.9 Å². The standard InChI is InChI=1S/C17H20N4O3/c1-12(22)20-14-7-8-21(11-14)17(23)19-10-16-18-9-15(24-16)13-5-3-2-4-6-13/h2-6,9,14H,7-8,10-11H2,1H3,(H,19,23)(H,20,22). The summed E-state index contributed by atoms with van der Waals surface area (Å²) in [5.74, 6) is 1.06. The SMILES string of the molecule is CC(=O)NC1CCN(C(=O)NCc2ncc(-c3ccccc3)o2)C1. The van der Waals surface area contributed by atoms with Gasteiger partial charge in [0, 0.05) is 31.6 Å². The monoisotopic (exact) mass is 328 g/mol. The fourth-order valence-corrected chi connectivity index (χ4v) is 2.74. The Balaban J connectivity index is 1.50. The van der Waals surface area contributed by atoms with Gasteiger partial charge in [0.05, 0.1) is 12.7 Å². The van der Waals surface area contributed by atoms with Gasteiger partial charge in [0.1, 0.15) is 0 Å². The molecule has 2 N–H and O–H groups in total. The number of benzene rings is 1. The molecule has 7 nitrogen and oxygen atoms in total. The third-order valence-corrected chi connectivity index (χ3v) is 3.89. The summed E-state index contributed by atoms with van der Waals surface area (Å²) >= 11 is 0. The van der Waals surface area contributed by atoms with E-state index in [4.69, 9.17) is 4.42 Å². The Morgan fingerprint density at radius 3 is 2.88 bits per heavy atom. The van der Waals surface area contributed by atoms with Crippen LogP contribution in [0.25, 0.3) is 11.3 Å². The van der Waals surface area contributed by atoms with Gasteiger partial charge in [-0.2, -0.15) is 0 Å². The van der Waals surface area contributed by atoms with Crippen molar-refractivity contribution in [2.45, 2.75) is 25.9 Å². The van der Waals surface area contributed by atoms with E-state index in [1.807, 2.05) is 30.3 Å². The number of urea groups is 1. The number of rotatable bonds is 4. The van der Waals surface area contributed by atoms with E-state index in [9.17, 15) is 9.59 Å². The molecule has 1 aromatic carbocycles. The van der Waals surface area contributed by atoms with E-state index in [1.165, 1.54) is 6.92 Å². The lowest BCUT2D eigenvalue weighted by molar-refractivity contribution is -0.119. The second-order valence-corrected chi connectivity index (χ2v) is 5.78. The molecule has 1 fully saturated rings. The lowest BCUT2D eigenvalue weighted by atomic mass is 10.2. The molecule has 2 aromatic rings. The zero-order valence-corrected chi connectivity index (χ0v) is 13.5. The summed E-state index contributed by atoms with van der Waals surface area (Å²) in [5.41, 5.74) is 0.945. The number of oxazole rings is 1. The summed E-state index contributed by atoms with van der Waals surface area (Å²) in [6, 6.07) is 9.52. The second kappa shape index (κ2) is 7.16. The van der Waals surface area contributed by atoms with E-state index in [1.54, 1.807) is 11.1 Å². The molecule has 3 amide bonds. The quantitative estimate of drug-likeness (QED) is 0.895. The van der Waals surface area contributed by atoms with Gasteiger partial charge < -0.3 is 20.0 Å². The van der Waals surface area contributed by atoms with Crippen LogP contribution < -0.4 is 10.6 Å². The molecule has 0 aliphatic carbocycles. The van der Waals surface area contributed by atoms with E-state index in [-0.39, 0.29) is 24.5 Å². The highest BCUT2D eigenvalue weighted by Gasteiger charge is 2.26. The van der Waals surface area contributed by atoms with Crippen LogP contribution in [0.1, 0.15) is 19.2 Å². The number of nitrogens with zero attached hydrogens (tertiary/aromatic N) is 2. The lowest BCUT2D eigenvalue weighted by Crippen LogP contribution is -2.41. The average Bonchev–Trinajstić information content (AvgIpc) is 3.22. The number of nitrogens with one attached hydrogen (secondary N) is 2. The van der Waals surface area contributed by atoms with Crippen molar-refractivity contribution in [1.29, 1.82) is 0 Å². The Bertz CT molecular complexity index is 714. The minimum Gasteiger partial charge on any atom is -0.439 e. The van der Waals surface area contributed by atoms with Gasteiger partial charge in [0.2, 0.25) is 11.8 Å². The summed E-state index contributed by atoms with van der Waals surface area (Å²) in [4.78, 5) is 29.1. The van der Waals surface area contributed by atoms with Crippen LogP contribution in [0.3, 0.4) is 0 Å². The molecule has 1 saturated heterocycles. The first-order valence-electron chi connectivity index (χ1n) is 7.92. The molecule has 1 aromatic heterocycles. The highest BCUT2D eigenvalue weighted by Crippen LogP contribution is 2.19. The summed E-state index contributed by atoms with van der Waals surface area (Å²) in [7, 11) is 0. The molecule has 1 aliphatic heterocycles. The first-order valence-corrected chi connectivity index (χ1v) is 7.92. The van der Waals surface area contributed by atoms with Crippen molar-refractivity contribution in [2.24, 2.45) is 0 Å². The number of amides is 3. The normalized spacial score (nSPS) is 16.9. The number of carbonyl (C=O) groups excluding carboxylic acids is 2. The summed E-state index contributed by atoms with van der Waals surface area (Å²) in [6.45, 7) is 2.85. The highest BCUT2D eigenvalue weighted by atomic mass is 16.4. The molecular formula is C17H20N4O3. The Morgan fingerprint density at radius 1 is 1.33 bits per heavy atom. The molecular weight excluding hydrogens is 308 g/mol. The topological polar surface area (TPSA) is 87.5 Å². The zero-order valence-electron chi connectivity index (χ0n) is 13.5. The molecule has 0 saturated carbocycles. The predicted molar refractivity (Wildman–Crippen MR) is 88.0 cm³/mol. The van der Waals surface area contributed by atoms with Crippen LogP contribution in [-0.2, 0) is 11.3 Å². The van der Waals surface area contributed by atoms with Crippen molar-refractivity contribution < 1.29 is 14.0 Å². The van der Waals surface area contributed by atoms with Gasteiger partial charge in [-0.3, -0.25) is 4.79 Å². The third-order valence-electron chi connectivity index (χ3n) is 3.89. The first-order chi connectivity index (χ1) is 11.6. The molecule has 2 heterocycles. The molecule has 3 rings (SSSR count). The molecule has 24 heavy (non-hydrogen) atoms. The third kappa shape index (κ3) is 3.92. The van der Waals surface area contributed by atoms with Gasteiger partial charge in [-0.15, -0.1) is 0 Å². The number of carbonyl (C=O) groups is 2. The van der Waals surface area contributed by atoms with E-state index in [2.05, 4.69) is 15.6 Å². The van der Waals surface area contributed by atoms with Crippen LogP contribution in [0.2, 0.25) is 0 Å². The van der Waals surface area contributed by atoms with E-state index in [0.29, 0.717) is 24.7 Å². The van der Waals surface area contributed by atoms with Crippen LogP contribution in [0, 0.1) is 0 Å². The minimum absolute atomic E-state index is 0.0275. The summed E-state index contributed by atoms with van der Waals surface area (Å²) in [5, 5.41) is 5.63. The fourth-order valence-electron chi connectivity index (χ4n) is 2.74. The van der Waals surface area contributed by atoms with Crippen molar-refractivity contribution in [3.8, 4) is 11.3 Å². The highest BCUT2D eigenvalue weighted by molar-refractivity contribution is 5.75. The number of hydrogen-bond donors (Lipinski definition) is 2. The molecule has 7 heteroatoms. The summed E-state index contributed by atoms with van der Waals surface area (Å²) in [6.07, 6.45) is 2.42. The van der Waals surface area contributed by atoms with Gasteiger partial charge in [-0.05, 0) is 6.42 Å². The minimum atomic E-state index is -0.178. The molecule has 1 unspecified atom stereocenters. The van der Waals surface area contributed by atoms with Gasteiger partial charge in [0.15, 0.2) is 5.76 Å². The zero-order chi connectivity index (χ0) is 16.9. The number of likely N-dealkylation sites (tertiary alicyclic amines) is 1. The molecule has 0 spiro atoms. The Labute approximate surface area is 140 Å². The fraction of sp³-hybridized carbons (Fsp3) is 0.353.